The Bertz CT molecular complexity index is 623. The third-order valence-electron chi connectivity index (χ3n) is 3.99. The standard InChI is InChI=1S/C18H24N2O/c1-12-9-14(3)17(10-13(12)2)15(4)20-11-16-7-6-8-19-18(16)21-5/h6-10,15,20H,11H2,1-5H3. The van der Waals surface area contributed by atoms with Crippen molar-refractivity contribution in [2.45, 2.75) is 40.3 Å². The van der Waals surface area contributed by atoms with Crippen molar-refractivity contribution in [1.82, 2.24) is 10.3 Å². The molecule has 0 radical (unpaired) electrons. The molecule has 0 saturated carbocycles. The van der Waals surface area contributed by atoms with Crippen LogP contribution in [0.3, 0.4) is 0 Å². The van der Waals surface area contributed by atoms with Gasteiger partial charge in [-0.15, -0.1) is 0 Å². The number of nitrogens with one attached hydrogen (secondary N) is 1. The van der Waals surface area contributed by atoms with Gasteiger partial charge in [0.1, 0.15) is 0 Å². The summed E-state index contributed by atoms with van der Waals surface area (Å²) in [6.45, 7) is 9.43. The van der Waals surface area contributed by atoms with E-state index in [4.69, 9.17) is 4.74 Å². The predicted molar refractivity (Wildman–Crippen MR) is 86.7 cm³/mol. The largest absolute Gasteiger partial charge is 0.481 e. The van der Waals surface area contributed by atoms with Gasteiger partial charge in [-0.05, 0) is 56.0 Å². The quantitative estimate of drug-likeness (QED) is 0.905. The number of hydrogen-bond donors (Lipinski definition) is 1. The fourth-order valence-electron chi connectivity index (χ4n) is 2.56. The van der Waals surface area contributed by atoms with E-state index in [0.29, 0.717) is 5.88 Å². The van der Waals surface area contributed by atoms with E-state index in [1.807, 2.05) is 12.1 Å². The van der Waals surface area contributed by atoms with Crippen LogP contribution in [0.15, 0.2) is 30.5 Å². The second-order valence-corrected chi connectivity index (χ2v) is 5.57. The number of nitrogens with zero attached hydrogens (tertiary/aromatic N) is 1. The molecule has 0 aliphatic carbocycles. The molecule has 1 heterocycles. The van der Waals surface area contributed by atoms with Gasteiger partial charge in [-0.2, -0.15) is 0 Å². The van der Waals surface area contributed by atoms with Crippen molar-refractivity contribution >= 4 is 0 Å². The van der Waals surface area contributed by atoms with E-state index in [-0.39, 0.29) is 6.04 Å². The van der Waals surface area contributed by atoms with E-state index in [1.165, 1.54) is 22.3 Å². The fraction of sp³-hybridized carbons (Fsp3) is 0.389. The highest BCUT2D eigenvalue weighted by molar-refractivity contribution is 5.38. The lowest BCUT2D eigenvalue weighted by molar-refractivity contribution is 0.389. The molecule has 1 atom stereocenters. The maximum absolute atomic E-state index is 5.29. The molecule has 2 rings (SSSR count). The second-order valence-electron chi connectivity index (χ2n) is 5.57. The normalized spacial score (nSPS) is 12.2. The average molecular weight is 284 g/mol. The first kappa shape index (κ1) is 15.5. The Hall–Kier alpha value is -1.87. The molecule has 2 aromatic rings. The molecule has 0 aliphatic rings. The van der Waals surface area contributed by atoms with Gasteiger partial charge in [-0.1, -0.05) is 18.2 Å². The minimum atomic E-state index is 0.286. The summed E-state index contributed by atoms with van der Waals surface area (Å²) in [7, 11) is 1.66. The maximum atomic E-state index is 5.29. The van der Waals surface area contributed by atoms with Crippen molar-refractivity contribution in [3.8, 4) is 5.88 Å². The minimum absolute atomic E-state index is 0.286. The molecule has 1 aromatic heterocycles. The van der Waals surface area contributed by atoms with Crippen LogP contribution in [-0.4, -0.2) is 12.1 Å². The van der Waals surface area contributed by atoms with Gasteiger partial charge in [-0.25, -0.2) is 4.98 Å². The highest BCUT2D eigenvalue weighted by Gasteiger charge is 2.11. The lowest BCUT2D eigenvalue weighted by Gasteiger charge is -2.19. The Balaban J connectivity index is 2.12. The molecule has 0 saturated heterocycles. The van der Waals surface area contributed by atoms with Gasteiger partial charge >= 0.3 is 0 Å². The fourth-order valence-corrected chi connectivity index (χ4v) is 2.56. The summed E-state index contributed by atoms with van der Waals surface area (Å²) in [6.07, 6.45) is 1.75. The highest BCUT2D eigenvalue weighted by atomic mass is 16.5. The van der Waals surface area contributed by atoms with Crippen molar-refractivity contribution in [3.05, 3.63) is 58.3 Å². The van der Waals surface area contributed by atoms with Crippen LogP contribution in [0.25, 0.3) is 0 Å². The van der Waals surface area contributed by atoms with Crippen LogP contribution in [0.1, 0.15) is 40.8 Å². The number of aromatic nitrogens is 1. The zero-order valence-corrected chi connectivity index (χ0v) is 13.5. The first-order chi connectivity index (χ1) is 10.0. The van der Waals surface area contributed by atoms with Crippen molar-refractivity contribution in [2.75, 3.05) is 7.11 Å². The van der Waals surface area contributed by atoms with Gasteiger partial charge in [0.2, 0.25) is 5.88 Å². The van der Waals surface area contributed by atoms with Gasteiger partial charge in [0, 0.05) is 24.3 Å². The Morgan fingerprint density at radius 1 is 1.14 bits per heavy atom. The number of methoxy groups -OCH3 is 1. The van der Waals surface area contributed by atoms with E-state index in [0.717, 1.165) is 12.1 Å². The van der Waals surface area contributed by atoms with Gasteiger partial charge in [0.25, 0.3) is 0 Å². The number of rotatable bonds is 5. The molecule has 0 bridgehead atoms. The Kier molecular flexibility index (Phi) is 4.97. The van der Waals surface area contributed by atoms with Crippen LogP contribution in [0.2, 0.25) is 0 Å². The second kappa shape index (κ2) is 6.72. The number of ether oxygens (including phenoxy) is 1. The van der Waals surface area contributed by atoms with Crippen molar-refractivity contribution < 1.29 is 4.74 Å². The molecule has 3 heteroatoms. The van der Waals surface area contributed by atoms with Crippen LogP contribution < -0.4 is 10.1 Å². The van der Waals surface area contributed by atoms with Crippen LogP contribution >= 0.6 is 0 Å². The molecule has 0 spiro atoms. The topological polar surface area (TPSA) is 34.1 Å². The molecule has 3 nitrogen and oxygen atoms in total. The predicted octanol–water partition coefficient (Wildman–Crippen LogP) is 3.87. The Morgan fingerprint density at radius 3 is 2.57 bits per heavy atom. The average Bonchev–Trinajstić information content (AvgIpc) is 2.48. The summed E-state index contributed by atoms with van der Waals surface area (Å²) in [6, 6.07) is 8.80. The summed E-state index contributed by atoms with van der Waals surface area (Å²) >= 11 is 0. The summed E-state index contributed by atoms with van der Waals surface area (Å²) < 4.78 is 5.29. The SMILES string of the molecule is COc1ncccc1CNC(C)c1cc(C)c(C)cc1C. The number of hydrogen-bond acceptors (Lipinski definition) is 3. The number of benzene rings is 1. The molecular formula is C18H24N2O. The van der Waals surface area contributed by atoms with E-state index >= 15 is 0 Å². The van der Waals surface area contributed by atoms with Crippen LogP contribution in [0.5, 0.6) is 5.88 Å². The van der Waals surface area contributed by atoms with Gasteiger partial charge in [0.15, 0.2) is 0 Å². The van der Waals surface area contributed by atoms with E-state index in [1.54, 1.807) is 13.3 Å². The van der Waals surface area contributed by atoms with Crippen molar-refractivity contribution in [3.63, 3.8) is 0 Å². The third-order valence-corrected chi connectivity index (χ3v) is 3.99. The van der Waals surface area contributed by atoms with Crippen LogP contribution in [-0.2, 0) is 6.54 Å². The first-order valence-electron chi connectivity index (χ1n) is 7.32. The molecule has 0 amide bonds. The smallest absolute Gasteiger partial charge is 0.217 e. The molecule has 0 aliphatic heterocycles. The minimum Gasteiger partial charge on any atom is -0.481 e. The van der Waals surface area contributed by atoms with E-state index in [2.05, 4.69) is 50.1 Å². The van der Waals surface area contributed by atoms with Gasteiger partial charge < -0.3 is 10.1 Å². The summed E-state index contributed by atoms with van der Waals surface area (Å²) in [5.41, 5.74) is 6.44. The molecular weight excluding hydrogens is 260 g/mol. The summed E-state index contributed by atoms with van der Waals surface area (Å²) in [5, 5.41) is 3.56. The molecule has 21 heavy (non-hydrogen) atoms. The molecule has 1 unspecified atom stereocenters. The zero-order chi connectivity index (χ0) is 15.4. The summed E-state index contributed by atoms with van der Waals surface area (Å²) in [4.78, 5) is 4.23. The van der Waals surface area contributed by atoms with Crippen LogP contribution in [0.4, 0.5) is 0 Å². The Morgan fingerprint density at radius 2 is 1.86 bits per heavy atom. The van der Waals surface area contributed by atoms with Crippen LogP contribution in [0, 0.1) is 20.8 Å². The lowest BCUT2D eigenvalue weighted by Crippen LogP contribution is -2.19. The third kappa shape index (κ3) is 3.61. The van der Waals surface area contributed by atoms with Gasteiger partial charge in [-0.3, -0.25) is 0 Å². The maximum Gasteiger partial charge on any atom is 0.217 e. The molecule has 112 valence electrons. The molecule has 1 N–H and O–H groups in total. The van der Waals surface area contributed by atoms with E-state index < -0.39 is 0 Å². The molecule has 0 fully saturated rings. The highest BCUT2D eigenvalue weighted by Crippen LogP contribution is 2.22. The zero-order valence-electron chi connectivity index (χ0n) is 13.5. The lowest BCUT2D eigenvalue weighted by atomic mass is 9.96. The first-order valence-corrected chi connectivity index (χ1v) is 7.32. The monoisotopic (exact) mass is 284 g/mol. The van der Waals surface area contributed by atoms with E-state index in [9.17, 15) is 0 Å². The molecule has 1 aromatic carbocycles. The Labute approximate surface area is 127 Å². The van der Waals surface area contributed by atoms with Crippen molar-refractivity contribution in [2.24, 2.45) is 0 Å². The number of pyridine rings is 1. The summed E-state index contributed by atoms with van der Waals surface area (Å²) in [5.74, 6) is 0.689. The van der Waals surface area contributed by atoms with Gasteiger partial charge in [0.05, 0.1) is 7.11 Å². The van der Waals surface area contributed by atoms with Crippen molar-refractivity contribution in [1.29, 1.82) is 0 Å². The number of aryl methyl sites for hydroxylation is 3.